The van der Waals surface area contributed by atoms with Gasteiger partial charge in [-0.1, -0.05) is 42.5 Å². The Balaban J connectivity index is 2.12. The fourth-order valence-corrected chi connectivity index (χ4v) is 4.88. The van der Waals surface area contributed by atoms with E-state index in [1.165, 1.54) is 10.6 Å². The Bertz CT molecular complexity index is 1070. The lowest BCUT2D eigenvalue weighted by Gasteiger charge is -2.29. The minimum Gasteiger partial charge on any atom is -0.355 e. The van der Waals surface area contributed by atoms with Crippen LogP contribution in [0.4, 0.5) is 5.69 Å². The van der Waals surface area contributed by atoms with Gasteiger partial charge < -0.3 is 10.2 Å². The van der Waals surface area contributed by atoms with Gasteiger partial charge in [-0.25, -0.2) is 8.42 Å². The average molecular weight is 488 g/mol. The van der Waals surface area contributed by atoms with Gasteiger partial charge in [0.2, 0.25) is 21.8 Å². The summed E-state index contributed by atoms with van der Waals surface area (Å²) in [6.07, 6.45) is 2.31. The molecule has 0 heterocycles. The van der Waals surface area contributed by atoms with Crippen LogP contribution in [0.5, 0.6) is 0 Å². The molecule has 2 aromatic carbocycles. The molecule has 2 amide bonds. The van der Waals surface area contributed by atoms with E-state index in [-0.39, 0.29) is 24.8 Å². The summed E-state index contributed by atoms with van der Waals surface area (Å²) in [5.74, 6) is -0.360. The van der Waals surface area contributed by atoms with E-state index in [0.717, 1.165) is 16.7 Å². The second-order valence-corrected chi connectivity index (χ2v) is 10.5. The molecule has 1 unspecified atom stereocenters. The van der Waals surface area contributed by atoms with E-state index in [9.17, 15) is 18.0 Å². The van der Waals surface area contributed by atoms with Crippen LogP contribution in [0, 0.1) is 13.8 Å². The molecule has 0 bridgehead atoms. The molecule has 0 aromatic heterocycles. The first-order chi connectivity index (χ1) is 16.0. The summed E-state index contributed by atoms with van der Waals surface area (Å²) in [5, 5.41) is 2.79. The Labute approximate surface area is 204 Å². The fraction of sp³-hybridized carbons (Fsp3) is 0.462. The zero-order valence-electron chi connectivity index (χ0n) is 20.9. The molecule has 7 nitrogen and oxygen atoms in total. The number of nitrogens with one attached hydrogen (secondary N) is 1. The van der Waals surface area contributed by atoms with Crippen molar-refractivity contribution >= 4 is 27.5 Å². The van der Waals surface area contributed by atoms with Crippen LogP contribution in [0.2, 0.25) is 0 Å². The first-order valence-corrected chi connectivity index (χ1v) is 13.6. The molecule has 2 aromatic rings. The number of likely N-dealkylation sites (N-methyl/N-ethyl adjacent to an activating group) is 1. The van der Waals surface area contributed by atoms with Crippen molar-refractivity contribution in [3.8, 4) is 0 Å². The number of amides is 2. The molecule has 186 valence electrons. The molecule has 0 spiro atoms. The summed E-state index contributed by atoms with van der Waals surface area (Å²) in [7, 11) is -3.51. The Hall–Kier alpha value is -2.87. The third-order valence-electron chi connectivity index (χ3n) is 5.79. The number of carbonyl (C=O) groups excluding carboxylic acids is 2. The summed E-state index contributed by atoms with van der Waals surface area (Å²) >= 11 is 0. The molecule has 0 aliphatic carbocycles. The van der Waals surface area contributed by atoms with Crippen LogP contribution in [-0.4, -0.2) is 57.1 Å². The lowest BCUT2D eigenvalue weighted by atomic mass is 10.1. The molecule has 0 aliphatic heterocycles. The summed E-state index contributed by atoms with van der Waals surface area (Å²) < 4.78 is 26.4. The number of hydrogen-bond donors (Lipinski definition) is 1. The van der Waals surface area contributed by atoms with Crippen molar-refractivity contribution in [2.75, 3.05) is 30.2 Å². The maximum absolute atomic E-state index is 13.2. The molecular weight excluding hydrogens is 450 g/mol. The smallest absolute Gasteiger partial charge is 0.242 e. The van der Waals surface area contributed by atoms with E-state index in [4.69, 9.17) is 0 Å². The monoisotopic (exact) mass is 487 g/mol. The van der Waals surface area contributed by atoms with Gasteiger partial charge in [0.1, 0.15) is 6.04 Å². The van der Waals surface area contributed by atoms with Crippen molar-refractivity contribution < 1.29 is 18.0 Å². The molecule has 0 aliphatic rings. The first kappa shape index (κ1) is 27.4. The number of carbonyl (C=O) groups is 2. The van der Waals surface area contributed by atoms with E-state index in [1.807, 2.05) is 69.3 Å². The molecule has 0 saturated carbocycles. The lowest BCUT2D eigenvalue weighted by molar-refractivity contribution is -0.139. The third-order valence-corrected chi connectivity index (χ3v) is 6.97. The number of rotatable bonds is 12. The van der Waals surface area contributed by atoms with Crippen LogP contribution in [0.15, 0.2) is 48.5 Å². The highest BCUT2D eigenvalue weighted by molar-refractivity contribution is 7.92. The van der Waals surface area contributed by atoms with Gasteiger partial charge in [-0.15, -0.1) is 0 Å². The Morgan fingerprint density at radius 2 is 1.71 bits per heavy atom. The topological polar surface area (TPSA) is 86.8 Å². The Kier molecular flexibility index (Phi) is 10.1. The SMILES string of the molecule is CCNC(=O)C(C)N(CCc1ccccc1)C(=O)CCCN(c1cc(C)ccc1C)S(C)(=O)=O. The van der Waals surface area contributed by atoms with Crippen molar-refractivity contribution in [3.05, 3.63) is 65.2 Å². The van der Waals surface area contributed by atoms with Crippen molar-refractivity contribution in [2.45, 2.75) is 53.0 Å². The molecule has 2 rings (SSSR count). The maximum atomic E-state index is 13.2. The zero-order valence-corrected chi connectivity index (χ0v) is 21.7. The predicted octanol–water partition coefficient (Wildman–Crippen LogP) is 3.45. The zero-order chi connectivity index (χ0) is 25.3. The fourth-order valence-electron chi connectivity index (χ4n) is 3.86. The largest absolute Gasteiger partial charge is 0.355 e. The number of hydrogen-bond acceptors (Lipinski definition) is 4. The van der Waals surface area contributed by atoms with Gasteiger partial charge in [0.05, 0.1) is 11.9 Å². The molecule has 1 N–H and O–H groups in total. The van der Waals surface area contributed by atoms with Gasteiger partial charge in [0, 0.05) is 26.1 Å². The standard InChI is InChI=1S/C26H37N3O4S/c1-6-27-26(31)22(4)28(18-16-23-11-8-7-9-12-23)25(30)13-10-17-29(34(5,32)33)24-19-20(2)14-15-21(24)3/h7-9,11-12,14-15,19,22H,6,10,13,16-18H2,1-5H3,(H,27,31). The van der Waals surface area contributed by atoms with Crippen LogP contribution >= 0.6 is 0 Å². The van der Waals surface area contributed by atoms with Crippen molar-refractivity contribution in [1.82, 2.24) is 10.2 Å². The van der Waals surface area contributed by atoms with Crippen LogP contribution in [-0.2, 0) is 26.0 Å². The molecule has 8 heteroatoms. The van der Waals surface area contributed by atoms with Crippen molar-refractivity contribution in [3.63, 3.8) is 0 Å². The number of benzene rings is 2. The summed E-state index contributed by atoms with van der Waals surface area (Å²) in [6.45, 7) is 8.45. The van der Waals surface area contributed by atoms with Gasteiger partial charge in [0.15, 0.2) is 0 Å². The van der Waals surface area contributed by atoms with E-state index in [0.29, 0.717) is 31.6 Å². The number of sulfonamides is 1. The van der Waals surface area contributed by atoms with Gasteiger partial charge in [-0.2, -0.15) is 0 Å². The maximum Gasteiger partial charge on any atom is 0.242 e. The molecule has 34 heavy (non-hydrogen) atoms. The third kappa shape index (κ3) is 7.87. The van der Waals surface area contributed by atoms with Crippen LogP contribution in [0.3, 0.4) is 0 Å². The van der Waals surface area contributed by atoms with Crippen molar-refractivity contribution in [1.29, 1.82) is 0 Å². The predicted molar refractivity (Wildman–Crippen MR) is 137 cm³/mol. The van der Waals surface area contributed by atoms with Crippen molar-refractivity contribution in [2.24, 2.45) is 0 Å². The molecule has 0 saturated heterocycles. The van der Waals surface area contributed by atoms with Crippen LogP contribution in [0.1, 0.15) is 43.4 Å². The highest BCUT2D eigenvalue weighted by Gasteiger charge is 2.26. The van der Waals surface area contributed by atoms with E-state index in [2.05, 4.69) is 5.32 Å². The second-order valence-electron chi connectivity index (χ2n) is 8.62. The summed E-state index contributed by atoms with van der Waals surface area (Å²) in [4.78, 5) is 27.3. The first-order valence-electron chi connectivity index (χ1n) is 11.7. The summed E-state index contributed by atoms with van der Waals surface area (Å²) in [5.41, 5.74) is 3.54. The average Bonchev–Trinajstić information content (AvgIpc) is 2.78. The van der Waals surface area contributed by atoms with Gasteiger partial charge in [0.25, 0.3) is 0 Å². The molecule has 1 atom stereocenters. The van der Waals surface area contributed by atoms with Gasteiger partial charge >= 0.3 is 0 Å². The van der Waals surface area contributed by atoms with Crippen LogP contribution in [0.25, 0.3) is 0 Å². The van der Waals surface area contributed by atoms with E-state index < -0.39 is 16.1 Å². The number of nitrogens with zero attached hydrogens (tertiary/aromatic N) is 2. The van der Waals surface area contributed by atoms with Crippen LogP contribution < -0.4 is 9.62 Å². The molecule has 0 fully saturated rings. The minimum atomic E-state index is -3.51. The van der Waals surface area contributed by atoms with Gasteiger partial charge in [-0.05, 0) is 63.3 Å². The quantitative estimate of drug-likeness (QED) is 0.497. The Morgan fingerprint density at radius 1 is 1.03 bits per heavy atom. The highest BCUT2D eigenvalue weighted by atomic mass is 32.2. The highest BCUT2D eigenvalue weighted by Crippen LogP contribution is 2.24. The number of aryl methyl sites for hydroxylation is 2. The second kappa shape index (κ2) is 12.6. The minimum absolute atomic E-state index is 0.148. The van der Waals surface area contributed by atoms with E-state index in [1.54, 1.807) is 11.8 Å². The van der Waals surface area contributed by atoms with E-state index >= 15 is 0 Å². The lowest BCUT2D eigenvalue weighted by Crippen LogP contribution is -2.48. The molecular formula is C26H37N3O4S. The normalized spacial score (nSPS) is 12.1. The number of anilines is 1. The molecule has 0 radical (unpaired) electrons. The summed E-state index contributed by atoms with van der Waals surface area (Å²) in [6, 6.07) is 14.9. The Morgan fingerprint density at radius 3 is 2.32 bits per heavy atom. The van der Waals surface area contributed by atoms with Gasteiger partial charge in [-0.3, -0.25) is 13.9 Å².